The van der Waals surface area contributed by atoms with E-state index in [1.54, 1.807) is 25.1 Å². The maximum atomic E-state index is 13.4. The van der Waals surface area contributed by atoms with Crippen LogP contribution in [-0.2, 0) is 11.3 Å². The zero-order valence-electron chi connectivity index (χ0n) is 10.8. The molecule has 3 N–H and O–H groups in total. The molecule has 7 nitrogen and oxygen atoms in total. The van der Waals surface area contributed by atoms with Gasteiger partial charge in [0.1, 0.15) is 5.82 Å². The molecule has 0 saturated carbocycles. The Balaban J connectivity index is 1.99. The number of hydrogen-bond acceptors (Lipinski definition) is 5. The molecule has 1 aliphatic rings. The fourth-order valence-corrected chi connectivity index (χ4v) is 2.14. The van der Waals surface area contributed by atoms with E-state index in [2.05, 4.69) is 16.2 Å². The molecule has 0 bridgehead atoms. The number of halogens is 1. The lowest BCUT2D eigenvalue weighted by Gasteiger charge is -2.14. The molecule has 0 radical (unpaired) electrons. The molecule has 0 aromatic heterocycles. The van der Waals surface area contributed by atoms with Crippen LogP contribution in [0.15, 0.2) is 24.3 Å². The van der Waals surface area contributed by atoms with Crippen molar-refractivity contribution >= 4 is 5.91 Å². The standard InChI is InChI=1S/C12H15FN4O3/c1-7-11(17(19)20)10(16-15-7)12(18)14-6-8-4-2-3-5-9(8)13/h2-5,7,10-11,15-16H,6H2,1H3,(H,14,18). The average molecular weight is 282 g/mol. The van der Waals surface area contributed by atoms with Crippen LogP contribution in [0.2, 0.25) is 0 Å². The lowest BCUT2D eigenvalue weighted by molar-refractivity contribution is -0.523. The molecule has 1 heterocycles. The van der Waals surface area contributed by atoms with Crippen LogP contribution in [0.1, 0.15) is 12.5 Å². The third kappa shape index (κ3) is 2.91. The Morgan fingerprint density at radius 2 is 2.15 bits per heavy atom. The van der Waals surface area contributed by atoms with E-state index in [4.69, 9.17) is 0 Å². The summed E-state index contributed by atoms with van der Waals surface area (Å²) in [6.07, 6.45) is 0. The van der Waals surface area contributed by atoms with Gasteiger partial charge in [0.15, 0.2) is 6.04 Å². The molecule has 1 aliphatic heterocycles. The topological polar surface area (TPSA) is 96.3 Å². The average Bonchev–Trinajstić information content (AvgIpc) is 2.79. The summed E-state index contributed by atoms with van der Waals surface area (Å²) in [7, 11) is 0. The third-order valence-corrected chi connectivity index (χ3v) is 3.26. The van der Waals surface area contributed by atoms with Gasteiger partial charge in [-0.3, -0.25) is 14.9 Å². The fourth-order valence-electron chi connectivity index (χ4n) is 2.14. The molecule has 0 aliphatic carbocycles. The van der Waals surface area contributed by atoms with E-state index >= 15 is 0 Å². The molecule has 2 rings (SSSR count). The predicted octanol–water partition coefficient (Wildman–Crippen LogP) is -0.0479. The van der Waals surface area contributed by atoms with E-state index in [1.807, 2.05) is 0 Å². The first kappa shape index (κ1) is 14.4. The minimum absolute atomic E-state index is 0.0114. The van der Waals surface area contributed by atoms with Crippen LogP contribution < -0.4 is 16.2 Å². The molecular formula is C12H15FN4O3. The van der Waals surface area contributed by atoms with E-state index in [0.717, 1.165) is 0 Å². The Morgan fingerprint density at radius 3 is 2.80 bits per heavy atom. The molecule has 8 heteroatoms. The highest BCUT2D eigenvalue weighted by atomic mass is 19.1. The van der Waals surface area contributed by atoms with E-state index < -0.39 is 34.8 Å². The SMILES string of the molecule is CC1NNC(C(=O)NCc2ccccc2F)C1[N+](=O)[O-]. The number of carbonyl (C=O) groups is 1. The summed E-state index contributed by atoms with van der Waals surface area (Å²) in [6, 6.07) is 3.54. The highest BCUT2D eigenvalue weighted by molar-refractivity contribution is 5.82. The van der Waals surface area contributed by atoms with Gasteiger partial charge in [0, 0.05) is 17.0 Å². The molecule has 1 aromatic rings. The smallest absolute Gasteiger partial charge is 0.254 e. The van der Waals surface area contributed by atoms with E-state index in [0.29, 0.717) is 5.56 Å². The Morgan fingerprint density at radius 1 is 1.45 bits per heavy atom. The molecule has 1 amide bonds. The van der Waals surface area contributed by atoms with Crippen molar-refractivity contribution < 1.29 is 14.1 Å². The monoisotopic (exact) mass is 282 g/mol. The number of amides is 1. The maximum absolute atomic E-state index is 13.4. The largest absolute Gasteiger partial charge is 0.350 e. The number of nitrogens with zero attached hydrogens (tertiary/aromatic N) is 1. The number of rotatable bonds is 4. The minimum atomic E-state index is -1.06. The van der Waals surface area contributed by atoms with Gasteiger partial charge in [-0.2, -0.15) is 0 Å². The van der Waals surface area contributed by atoms with E-state index in [1.165, 1.54) is 6.07 Å². The minimum Gasteiger partial charge on any atom is -0.350 e. The number of hydrazine groups is 1. The van der Waals surface area contributed by atoms with Crippen molar-refractivity contribution in [3.63, 3.8) is 0 Å². The maximum Gasteiger partial charge on any atom is 0.254 e. The second kappa shape index (κ2) is 5.93. The third-order valence-electron chi connectivity index (χ3n) is 3.26. The lowest BCUT2D eigenvalue weighted by atomic mass is 10.0. The number of benzene rings is 1. The first-order valence-corrected chi connectivity index (χ1v) is 6.16. The predicted molar refractivity (Wildman–Crippen MR) is 68.6 cm³/mol. The van der Waals surface area contributed by atoms with Crippen LogP contribution in [0.25, 0.3) is 0 Å². The van der Waals surface area contributed by atoms with Crippen molar-refractivity contribution in [2.75, 3.05) is 0 Å². The molecule has 1 saturated heterocycles. The molecule has 108 valence electrons. The van der Waals surface area contributed by atoms with Gasteiger partial charge in [-0.25, -0.2) is 15.2 Å². The fraction of sp³-hybridized carbons (Fsp3) is 0.417. The number of carbonyl (C=O) groups excluding carboxylic acids is 1. The molecular weight excluding hydrogens is 267 g/mol. The Bertz CT molecular complexity index is 525. The summed E-state index contributed by atoms with van der Waals surface area (Å²) in [6.45, 7) is 1.60. The van der Waals surface area contributed by atoms with Crippen LogP contribution in [-0.4, -0.2) is 29.0 Å². The van der Waals surface area contributed by atoms with Crippen LogP contribution in [0.4, 0.5) is 4.39 Å². The molecule has 3 atom stereocenters. The summed E-state index contributed by atoms with van der Waals surface area (Å²) in [4.78, 5) is 22.4. The van der Waals surface area contributed by atoms with Crippen molar-refractivity contribution in [3.8, 4) is 0 Å². The van der Waals surface area contributed by atoms with Gasteiger partial charge in [-0.1, -0.05) is 18.2 Å². The Labute approximate surface area is 114 Å². The summed E-state index contributed by atoms with van der Waals surface area (Å²) in [5, 5.41) is 13.4. The van der Waals surface area contributed by atoms with Gasteiger partial charge in [0.25, 0.3) is 6.04 Å². The van der Waals surface area contributed by atoms with Crippen LogP contribution in [0.5, 0.6) is 0 Å². The summed E-state index contributed by atoms with van der Waals surface area (Å²) in [5.74, 6) is -0.962. The number of hydrogen-bond donors (Lipinski definition) is 3. The summed E-state index contributed by atoms with van der Waals surface area (Å²) < 4.78 is 13.4. The highest BCUT2D eigenvalue weighted by Gasteiger charge is 2.46. The molecule has 0 spiro atoms. The van der Waals surface area contributed by atoms with Gasteiger partial charge in [-0.05, 0) is 13.0 Å². The van der Waals surface area contributed by atoms with Crippen LogP contribution >= 0.6 is 0 Å². The van der Waals surface area contributed by atoms with Gasteiger partial charge in [0.05, 0.1) is 6.04 Å². The van der Waals surface area contributed by atoms with Crippen molar-refractivity contribution in [2.45, 2.75) is 31.6 Å². The molecule has 1 fully saturated rings. The van der Waals surface area contributed by atoms with Gasteiger partial charge in [0.2, 0.25) is 5.91 Å². The van der Waals surface area contributed by atoms with Gasteiger partial charge >= 0.3 is 0 Å². The van der Waals surface area contributed by atoms with Crippen molar-refractivity contribution in [1.82, 2.24) is 16.2 Å². The lowest BCUT2D eigenvalue weighted by Crippen LogP contribution is -2.49. The summed E-state index contributed by atoms with van der Waals surface area (Å²) in [5.41, 5.74) is 5.59. The zero-order valence-corrected chi connectivity index (χ0v) is 10.8. The normalized spacial score (nSPS) is 25.4. The van der Waals surface area contributed by atoms with Crippen LogP contribution in [0.3, 0.4) is 0 Å². The van der Waals surface area contributed by atoms with Crippen LogP contribution in [0, 0.1) is 15.9 Å². The number of nitro groups is 1. The first-order valence-electron chi connectivity index (χ1n) is 6.16. The van der Waals surface area contributed by atoms with Gasteiger partial charge < -0.3 is 5.32 Å². The second-order valence-corrected chi connectivity index (χ2v) is 4.64. The molecule has 1 aromatic carbocycles. The van der Waals surface area contributed by atoms with Crippen molar-refractivity contribution in [2.24, 2.45) is 0 Å². The second-order valence-electron chi connectivity index (χ2n) is 4.64. The summed E-state index contributed by atoms with van der Waals surface area (Å²) >= 11 is 0. The number of nitrogens with one attached hydrogen (secondary N) is 3. The van der Waals surface area contributed by atoms with E-state index in [9.17, 15) is 19.3 Å². The van der Waals surface area contributed by atoms with E-state index in [-0.39, 0.29) is 6.54 Å². The first-order chi connectivity index (χ1) is 9.50. The Hall–Kier alpha value is -2.06. The highest BCUT2D eigenvalue weighted by Crippen LogP contribution is 2.11. The molecule has 3 unspecified atom stereocenters. The Kier molecular flexibility index (Phi) is 4.26. The quantitative estimate of drug-likeness (QED) is 0.531. The zero-order chi connectivity index (χ0) is 14.7. The molecule has 20 heavy (non-hydrogen) atoms. The van der Waals surface area contributed by atoms with Gasteiger partial charge in [-0.15, -0.1) is 0 Å². The van der Waals surface area contributed by atoms with Crippen molar-refractivity contribution in [3.05, 3.63) is 45.8 Å². The van der Waals surface area contributed by atoms with Crippen molar-refractivity contribution in [1.29, 1.82) is 0 Å².